The quantitative estimate of drug-likeness (QED) is 0.663. The fourth-order valence-corrected chi connectivity index (χ4v) is 2.98. The normalized spacial score (nSPS) is 16.5. The molecule has 1 aliphatic heterocycles. The number of carbonyl (C=O) groups excluding carboxylic acids is 1. The van der Waals surface area contributed by atoms with Crippen LogP contribution < -0.4 is 4.74 Å². The van der Waals surface area contributed by atoms with E-state index in [-0.39, 0.29) is 5.97 Å². The molecule has 0 bridgehead atoms. The lowest BCUT2D eigenvalue weighted by Gasteiger charge is -2.32. The second kappa shape index (κ2) is 9.58. The van der Waals surface area contributed by atoms with Crippen molar-refractivity contribution in [2.45, 2.75) is 40.0 Å². The fraction of sp³-hybridized carbons (Fsp3) is 0.650. The molecule has 1 fully saturated rings. The molecule has 0 amide bonds. The molecule has 0 atom stereocenters. The zero-order valence-corrected chi connectivity index (χ0v) is 17.0. The highest BCUT2D eigenvalue weighted by Gasteiger charge is 2.28. The third kappa shape index (κ3) is 6.45. The Hall–Kier alpha value is -1.30. The van der Waals surface area contributed by atoms with Gasteiger partial charge in [0, 0.05) is 20.2 Å². The second-order valence-corrected chi connectivity index (χ2v) is 8.22. The second-order valence-electron chi connectivity index (χ2n) is 7.81. The number of halogens is 1. The third-order valence-corrected chi connectivity index (χ3v) is 4.78. The molecule has 2 rings (SSSR count). The van der Waals surface area contributed by atoms with E-state index in [0.717, 1.165) is 32.4 Å². The first-order chi connectivity index (χ1) is 12.3. The Kier molecular flexibility index (Phi) is 7.74. The monoisotopic (exact) mass is 383 g/mol. The van der Waals surface area contributed by atoms with Gasteiger partial charge in [-0.05, 0) is 63.6 Å². The van der Waals surface area contributed by atoms with Gasteiger partial charge in [0.15, 0.2) is 0 Å². The molecule has 0 aliphatic carbocycles. The maximum atomic E-state index is 12.0. The predicted octanol–water partition coefficient (Wildman–Crippen LogP) is 4.12. The number of piperidine rings is 1. The van der Waals surface area contributed by atoms with Crippen LogP contribution in [0.25, 0.3) is 0 Å². The molecule has 146 valence electrons. The molecule has 1 aromatic rings. The van der Waals surface area contributed by atoms with Gasteiger partial charge in [0.05, 0.1) is 17.0 Å². The smallest absolute Gasteiger partial charge is 0.330 e. The standard InChI is InChI=1S/C20H30ClNO4/c1-20(2,3)19(23)26-22-9-7-15(8-10-22)13-16-5-6-17(21)18(14-16)25-12-11-24-4/h5-6,14-15H,7-13H2,1-4H3. The van der Waals surface area contributed by atoms with E-state index in [1.54, 1.807) is 12.2 Å². The molecule has 0 unspecified atom stereocenters. The van der Waals surface area contributed by atoms with Crippen LogP contribution in [-0.4, -0.2) is 44.4 Å². The first kappa shape index (κ1) is 21.0. The number of ether oxygens (including phenoxy) is 2. The van der Waals surface area contributed by atoms with E-state index < -0.39 is 5.41 Å². The highest BCUT2D eigenvalue weighted by Crippen LogP contribution is 2.29. The minimum absolute atomic E-state index is 0.175. The average Bonchev–Trinajstić information content (AvgIpc) is 2.58. The maximum Gasteiger partial charge on any atom is 0.330 e. The topological polar surface area (TPSA) is 48.0 Å². The van der Waals surface area contributed by atoms with Crippen molar-refractivity contribution in [2.75, 3.05) is 33.4 Å². The molecule has 6 heteroatoms. The summed E-state index contributed by atoms with van der Waals surface area (Å²) in [4.78, 5) is 17.5. The molecule has 1 aromatic carbocycles. The number of methoxy groups -OCH3 is 1. The molecule has 0 spiro atoms. The maximum absolute atomic E-state index is 12.0. The van der Waals surface area contributed by atoms with Crippen LogP contribution in [-0.2, 0) is 20.8 Å². The summed E-state index contributed by atoms with van der Waals surface area (Å²) in [6.45, 7) is 8.18. The van der Waals surface area contributed by atoms with Crippen LogP contribution in [0.5, 0.6) is 5.75 Å². The molecule has 1 saturated heterocycles. The summed E-state index contributed by atoms with van der Waals surface area (Å²) in [7, 11) is 1.65. The largest absolute Gasteiger partial charge is 0.490 e. The summed E-state index contributed by atoms with van der Waals surface area (Å²) in [6.07, 6.45) is 2.97. The highest BCUT2D eigenvalue weighted by atomic mass is 35.5. The van der Waals surface area contributed by atoms with E-state index in [4.69, 9.17) is 25.9 Å². The first-order valence-corrected chi connectivity index (χ1v) is 9.55. The summed E-state index contributed by atoms with van der Waals surface area (Å²) < 4.78 is 10.7. The van der Waals surface area contributed by atoms with E-state index in [0.29, 0.717) is 29.9 Å². The molecule has 5 nitrogen and oxygen atoms in total. The summed E-state index contributed by atoms with van der Waals surface area (Å²) in [5.74, 6) is 1.09. The number of nitrogens with zero attached hydrogens (tertiary/aromatic N) is 1. The molecule has 0 N–H and O–H groups in total. The molecular formula is C20H30ClNO4. The van der Waals surface area contributed by atoms with Gasteiger partial charge in [-0.2, -0.15) is 0 Å². The molecule has 1 aliphatic rings. The van der Waals surface area contributed by atoms with Crippen LogP contribution in [0.4, 0.5) is 0 Å². The zero-order chi connectivity index (χ0) is 19.2. The average molecular weight is 384 g/mol. The summed E-state index contributed by atoms with van der Waals surface area (Å²) in [5, 5.41) is 2.42. The zero-order valence-electron chi connectivity index (χ0n) is 16.2. The molecule has 0 radical (unpaired) electrons. The Bertz CT molecular complexity index is 592. The minimum Gasteiger partial charge on any atom is -0.490 e. The molecular weight excluding hydrogens is 354 g/mol. The van der Waals surface area contributed by atoms with Crippen molar-refractivity contribution in [2.24, 2.45) is 11.3 Å². The van der Waals surface area contributed by atoms with Crippen molar-refractivity contribution < 1.29 is 19.1 Å². The van der Waals surface area contributed by atoms with Crippen LogP contribution >= 0.6 is 11.6 Å². The lowest BCUT2D eigenvalue weighted by molar-refractivity contribution is -0.206. The van der Waals surface area contributed by atoms with Crippen molar-refractivity contribution in [1.82, 2.24) is 5.06 Å². The minimum atomic E-state index is -0.473. The van der Waals surface area contributed by atoms with E-state index in [1.807, 2.05) is 32.9 Å². The summed E-state index contributed by atoms with van der Waals surface area (Å²) in [6, 6.07) is 5.96. The summed E-state index contributed by atoms with van der Waals surface area (Å²) in [5.41, 5.74) is 0.742. The van der Waals surface area contributed by atoms with Crippen molar-refractivity contribution in [3.63, 3.8) is 0 Å². The third-order valence-electron chi connectivity index (χ3n) is 4.46. The van der Waals surface area contributed by atoms with Gasteiger partial charge in [-0.1, -0.05) is 17.7 Å². The highest BCUT2D eigenvalue weighted by molar-refractivity contribution is 6.32. The number of rotatable bonds is 7. The van der Waals surface area contributed by atoms with Crippen molar-refractivity contribution in [1.29, 1.82) is 0 Å². The van der Waals surface area contributed by atoms with Crippen molar-refractivity contribution in [3.05, 3.63) is 28.8 Å². The predicted molar refractivity (Wildman–Crippen MR) is 102 cm³/mol. The number of hydroxylamine groups is 2. The van der Waals surface area contributed by atoms with E-state index in [9.17, 15) is 4.79 Å². The van der Waals surface area contributed by atoms with E-state index in [2.05, 4.69) is 6.07 Å². The lowest BCUT2D eigenvalue weighted by atomic mass is 9.91. The molecule has 0 saturated carbocycles. The van der Waals surface area contributed by atoms with Crippen LogP contribution in [0, 0.1) is 11.3 Å². The van der Waals surface area contributed by atoms with Gasteiger partial charge in [0.25, 0.3) is 0 Å². The Balaban J connectivity index is 1.83. The Morgan fingerprint density at radius 2 is 1.92 bits per heavy atom. The number of hydrogen-bond acceptors (Lipinski definition) is 5. The van der Waals surface area contributed by atoms with Crippen LogP contribution in [0.3, 0.4) is 0 Å². The van der Waals surface area contributed by atoms with Gasteiger partial charge in [-0.15, -0.1) is 5.06 Å². The van der Waals surface area contributed by atoms with Gasteiger partial charge >= 0.3 is 5.97 Å². The molecule has 1 heterocycles. The van der Waals surface area contributed by atoms with Gasteiger partial charge in [0.1, 0.15) is 12.4 Å². The van der Waals surface area contributed by atoms with Gasteiger partial charge in [0.2, 0.25) is 0 Å². The Morgan fingerprint density at radius 1 is 1.23 bits per heavy atom. The van der Waals surface area contributed by atoms with Gasteiger partial charge < -0.3 is 14.3 Å². The van der Waals surface area contributed by atoms with E-state index in [1.165, 1.54) is 5.56 Å². The number of benzene rings is 1. The van der Waals surface area contributed by atoms with E-state index >= 15 is 0 Å². The Morgan fingerprint density at radius 3 is 2.54 bits per heavy atom. The first-order valence-electron chi connectivity index (χ1n) is 9.17. The van der Waals surface area contributed by atoms with Crippen molar-refractivity contribution in [3.8, 4) is 5.75 Å². The van der Waals surface area contributed by atoms with Crippen LogP contribution in [0.1, 0.15) is 39.2 Å². The molecule has 0 aromatic heterocycles. The van der Waals surface area contributed by atoms with Crippen molar-refractivity contribution >= 4 is 17.6 Å². The van der Waals surface area contributed by atoms with Crippen LogP contribution in [0.2, 0.25) is 5.02 Å². The molecule has 26 heavy (non-hydrogen) atoms. The van der Waals surface area contributed by atoms with Gasteiger partial charge in [-0.25, -0.2) is 4.79 Å². The number of hydrogen-bond donors (Lipinski definition) is 0. The summed E-state index contributed by atoms with van der Waals surface area (Å²) >= 11 is 6.20. The Labute approximate surface area is 161 Å². The van der Waals surface area contributed by atoms with Gasteiger partial charge in [-0.3, -0.25) is 0 Å². The SMILES string of the molecule is COCCOc1cc(CC2CCN(OC(=O)C(C)(C)C)CC2)ccc1Cl. The van der Waals surface area contributed by atoms with Crippen LogP contribution in [0.15, 0.2) is 18.2 Å². The lowest BCUT2D eigenvalue weighted by Crippen LogP contribution is -2.39. The number of carbonyl (C=O) groups is 1. The fourth-order valence-electron chi connectivity index (χ4n) is 2.81.